The van der Waals surface area contributed by atoms with Crippen LogP contribution in [0.1, 0.15) is 12.8 Å². The van der Waals surface area contributed by atoms with Gasteiger partial charge in [-0.15, -0.1) is 11.3 Å². The highest BCUT2D eigenvalue weighted by molar-refractivity contribution is 7.92. The minimum absolute atomic E-state index is 0.00788. The molecule has 0 spiro atoms. The second kappa shape index (κ2) is 7.89. The summed E-state index contributed by atoms with van der Waals surface area (Å²) in [7, 11) is -3.65. The third kappa shape index (κ3) is 4.52. The second-order valence-corrected chi connectivity index (χ2v) is 8.58. The van der Waals surface area contributed by atoms with Crippen LogP contribution in [0.25, 0.3) is 10.7 Å². The molecule has 1 amide bonds. The number of nitrogens with one attached hydrogen (secondary N) is 1. The molecule has 8 nitrogen and oxygen atoms in total. The Balaban J connectivity index is 1.69. The van der Waals surface area contributed by atoms with E-state index in [1.54, 1.807) is 30.3 Å². The lowest BCUT2D eigenvalue weighted by Gasteiger charge is -2.28. The first-order chi connectivity index (χ1) is 12.9. The third-order valence-electron chi connectivity index (χ3n) is 3.72. The molecule has 10 heteroatoms. The maximum atomic E-state index is 12.5. The first-order valence-corrected chi connectivity index (χ1v) is 10.8. The van der Waals surface area contributed by atoms with E-state index < -0.39 is 22.0 Å². The van der Waals surface area contributed by atoms with Crippen LogP contribution in [0.4, 0.5) is 5.69 Å². The van der Waals surface area contributed by atoms with Gasteiger partial charge < -0.3 is 9.84 Å². The molecule has 1 aromatic carbocycles. The van der Waals surface area contributed by atoms with Crippen molar-refractivity contribution < 1.29 is 17.7 Å². The largest absolute Gasteiger partial charge is 0.345 e. The fraction of sp³-hybridized carbons (Fsp3) is 0.235. The number of benzene rings is 1. The lowest BCUT2D eigenvalue weighted by atomic mass is 10.2. The van der Waals surface area contributed by atoms with Crippen LogP contribution in [0.2, 0.25) is 0 Å². The van der Waals surface area contributed by atoms with Crippen LogP contribution in [-0.4, -0.2) is 36.8 Å². The SMILES string of the molecule is CC(C(=O)NCc1nc(-c2cccs2)no1)N(c1ccccc1)S(C)(=O)=O. The molecule has 1 unspecified atom stereocenters. The van der Waals surface area contributed by atoms with Crippen LogP contribution < -0.4 is 9.62 Å². The van der Waals surface area contributed by atoms with E-state index >= 15 is 0 Å². The number of thiophene rings is 1. The van der Waals surface area contributed by atoms with Gasteiger partial charge in [0, 0.05) is 0 Å². The van der Waals surface area contributed by atoms with Crippen molar-refractivity contribution in [1.82, 2.24) is 15.5 Å². The summed E-state index contributed by atoms with van der Waals surface area (Å²) in [5, 5.41) is 8.41. The van der Waals surface area contributed by atoms with Crippen molar-refractivity contribution in [1.29, 1.82) is 0 Å². The van der Waals surface area contributed by atoms with Crippen molar-refractivity contribution in [3.8, 4) is 10.7 Å². The predicted molar refractivity (Wildman–Crippen MR) is 103 cm³/mol. The fourth-order valence-electron chi connectivity index (χ4n) is 2.53. The van der Waals surface area contributed by atoms with Crippen LogP contribution >= 0.6 is 11.3 Å². The number of rotatable bonds is 7. The van der Waals surface area contributed by atoms with Gasteiger partial charge >= 0.3 is 0 Å². The average Bonchev–Trinajstić information content (AvgIpc) is 3.31. The van der Waals surface area contributed by atoms with E-state index in [9.17, 15) is 13.2 Å². The van der Waals surface area contributed by atoms with E-state index in [1.807, 2.05) is 17.5 Å². The standard InChI is InChI=1S/C17H18N4O4S2/c1-12(21(27(2,23)24)13-7-4-3-5-8-13)17(22)18-11-15-19-16(20-25-15)14-9-6-10-26-14/h3-10,12H,11H2,1-2H3,(H,18,22). The van der Waals surface area contributed by atoms with Gasteiger partial charge in [-0.1, -0.05) is 29.4 Å². The monoisotopic (exact) mass is 406 g/mol. The minimum atomic E-state index is -3.65. The number of para-hydroxylation sites is 1. The van der Waals surface area contributed by atoms with E-state index in [2.05, 4.69) is 15.5 Å². The Morgan fingerprint density at radius 2 is 2.00 bits per heavy atom. The Kier molecular flexibility index (Phi) is 5.57. The molecular weight excluding hydrogens is 388 g/mol. The topological polar surface area (TPSA) is 105 Å². The van der Waals surface area contributed by atoms with Crippen LogP contribution in [0, 0.1) is 0 Å². The molecule has 0 aliphatic rings. The van der Waals surface area contributed by atoms with Crippen molar-refractivity contribution in [3.05, 3.63) is 53.7 Å². The average molecular weight is 406 g/mol. The smallest absolute Gasteiger partial charge is 0.246 e. The van der Waals surface area contributed by atoms with Gasteiger partial charge in [-0.2, -0.15) is 4.98 Å². The quantitative estimate of drug-likeness (QED) is 0.645. The van der Waals surface area contributed by atoms with Gasteiger partial charge in [0.15, 0.2) is 0 Å². The molecule has 0 saturated heterocycles. The fourth-order valence-corrected chi connectivity index (χ4v) is 4.35. The highest BCUT2D eigenvalue weighted by atomic mass is 32.2. The molecule has 2 aromatic heterocycles. The summed E-state index contributed by atoms with van der Waals surface area (Å²) in [6.45, 7) is 1.53. The van der Waals surface area contributed by atoms with E-state index in [4.69, 9.17) is 4.52 Å². The number of hydrogen-bond donors (Lipinski definition) is 1. The summed E-state index contributed by atoms with van der Waals surface area (Å²) in [5.74, 6) is 0.217. The number of anilines is 1. The van der Waals surface area contributed by atoms with Crippen LogP contribution in [0.5, 0.6) is 0 Å². The first kappa shape index (κ1) is 19.1. The molecule has 27 heavy (non-hydrogen) atoms. The molecular formula is C17H18N4O4S2. The summed E-state index contributed by atoms with van der Waals surface area (Å²) < 4.78 is 30.6. The Morgan fingerprint density at radius 1 is 1.26 bits per heavy atom. The summed E-state index contributed by atoms with van der Waals surface area (Å²) in [6.07, 6.45) is 1.06. The number of aromatic nitrogens is 2. The Hall–Kier alpha value is -2.72. The number of sulfonamides is 1. The number of hydrogen-bond acceptors (Lipinski definition) is 7. The molecule has 1 atom stereocenters. The summed E-state index contributed by atoms with van der Waals surface area (Å²) in [5.41, 5.74) is 0.417. The zero-order valence-electron chi connectivity index (χ0n) is 14.7. The van der Waals surface area contributed by atoms with E-state index in [1.165, 1.54) is 18.3 Å². The van der Waals surface area contributed by atoms with E-state index in [0.29, 0.717) is 11.5 Å². The summed E-state index contributed by atoms with van der Waals surface area (Å²) in [4.78, 5) is 17.6. The molecule has 142 valence electrons. The van der Waals surface area contributed by atoms with Crippen LogP contribution in [0.15, 0.2) is 52.4 Å². The maximum Gasteiger partial charge on any atom is 0.246 e. The minimum Gasteiger partial charge on any atom is -0.345 e. The summed E-state index contributed by atoms with van der Waals surface area (Å²) >= 11 is 1.48. The molecule has 1 N–H and O–H groups in total. The van der Waals surface area contributed by atoms with Crippen molar-refractivity contribution in [3.63, 3.8) is 0 Å². The second-order valence-electron chi connectivity index (χ2n) is 5.78. The zero-order chi connectivity index (χ0) is 19.4. The van der Waals surface area contributed by atoms with Crippen molar-refractivity contribution >= 4 is 33.0 Å². The lowest BCUT2D eigenvalue weighted by Crippen LogP contribution is -2.47. The van der Waals surface area contributed by atoms with Crippen LogP contribution in [0.3, 0.4) is 0 Å². The zero-order valence-corrected chi connectivity index (χ0v) is 16.3. The molecule has 0 aliphatic carbocycles. The van der Waals surface area contributed by atoms with Gasteiger partial charge in [-0.05, 0) is 30.5 Å². The molecule has 0 aliphatic heterocycles. The number of amides is 1. The van der Waals surface area contributed by atoms with Crippen molar-refractivity contribution in [2.45, 2.75) is 19.5 Å². The Bertz CT molecular complexity index is 1000. The number of carbonyl (C=O) groups is 1. The molecule has 3 rings (SSSR count). The van der Waals surface area contributed by atoms with Gasteiger partial charge in [-0.25, -0.2) is 8.42 Å². The van der Waals surface area contributed by atoms with Gasteiger partial charge in [0.05, 0.1) is 23.4 Å². The van der Waals surface area contributed by atoms with Crippen LogP contribution in [-0.2, 0) is 21.4 Å². The normalized spacial score (nSPS) is 12.5. The van der Waals surface area contributed by atoms with Crippen molar-refractivity contribution in [2.24, 2.45) is 0 Å². The molecule has 2 heterocycles. The van der Waals surface area contributed by atoms with E-state index in [0.717, 1.165) is 15.4 Å². The van der Waals surface area contributed by atoms with Gasteiger partial charge in [-0.3, -0.25) is 9.10 Å². The Labute approximate surface area is 160 Å². The molecule has 0 saturated carbocycles. The van der Waals surface area contributed by atoms with E-state index in [-0.39, 0.29) is 12.4 Å². The number of nitrogens with zero attached hydrogens (tertiary/aromatic N) is 3. The van der Waals surface area contributed by atoms with Crippen molar-refractivity contribution in [2.75, 3.05) is 10.6 Å². The Morgan fingerprint density at radius 3 is 2.63 bits per heavy atom. The highest BCUT2D eigenvalue weighted by Gasteiger charge is 2.29. The maximum absolute atomic E-state index is 12.5. The molecule has 3 aromatic rings. The predicted octanol–water partition coefficient (Wildman–Crippen LogP) is 2.27. The molecule has 0 radical (unpaired) electrons. The lowest BCUT2D eigenvalue weighted by molar-refractivity contribution is -0.122. The van der Waals surface area contributed by atoms with Gasteiger partial charge in [0.25, 0.3) is 0 Å². The summed E-state index contributed by atoms with van der Waals surface area (Å²) in [6, 6.07) is 11.3. The van der Waals surface area contributed by atoms with Gasteiger partial charge in [0.1, 0.15) is 6.04 Å². The molecule has 0 bridgehead atoms. The molecule has 0 fully saturated rings. The first-order valence-electron chi connectivity index (χ1n) is 8.05. The number of carbonyl (C=O) groups excluding carboxylic acids is 1. The third-order valence-corrected chi connectivity index (χ3v) is 5.83. The van der Waals surface area contributed by atoms with Gasteiger partial charge in [0.2, 0.25) is 27.6 Å². The highest BCUT2D eigenvalue weighted by Crippen LogP contribution is 2.22.